The van der Waals surface area contributed by atoms with Gasteiger partial charge in [-0.05, 0) is 44.9 Å². The van der Waals surface area contributed by atoms with Crippen molar-refractivity contribution in [3.8, 4) is 0 Å². The molecule has 0 aliphatic heterocycles. The van der Waals surface area contributed by atoms with Crippen molar-refractivity contribution >= 4 is 0 Å². The fraction of sp³-hybridized carbons (Fsp3) is 0.857. The van der Waals surface area contributed by atoms with Gasteiger partial charge in [-0.3, -0.25) is 0 Å². The fourth-order valence-electron chi connectivity index (χ4n) is 2.67. The van der Waals surface area contributed by atoms with Crippen molar-refractivity contribution in [1.29, 1.82) is 0 Å². The third kappa shape index (κ3) is 3.31. The molecule has 1 aromatic heterocycles. The fourth-order valence-corrected chi connectivity index (χ4v) is 2.67. The van der Waals surface area contributed by atoms with Crippen LogP contribution in [0.5, 0.6) is 0 Å². The molecule has 1 aromatic rings. The van der Waals surface area contributed by atoms with E-state index in [1.807, 2.05) is 4.68 Å². The Morgan fingerprint density at radius 3 is 2.67 bits per heavy atom. The molecule has 18 heavy (non-hydrogen) atoms. The third-order valence-corrected chi connectivity index (χ3v) is 4.02. The first-order chi connectivity index (χ1) is 8.48. The van der Waals surface area contributed by atoms with Gasteiger partial charge in [0.2, 0.25) is 0 Å². The van der Waals surface area contributed by atoms with E-state index in [1.54, 1.807) is 6.33 Å². The molecule has 0 saturated heterocycles. The summed E-state index contributed by atoms with van der Waals surface area (Å²) in [6.07, 6.45) is 6.86. The van der Waals surface area contributed by atoms with Crippen LogP contribution in [0.2, 0.25) is 0 Å². The molecule has 0 atom stereocenters. The summed E-state index contributed by atoms with van der Waals surface area (Å²) in [6.45, 7) is 9.86. The van der Waals surface area contributed by atoms with E-state index in [9.17, 15) is 0 Å². The van der Waals surface area contributed by atoms with Crippen LogP contribution in [0.1, 0.15) is 65.2 Å². The molecule has 0 aromatic carbocycles. The second-order valence-corrected chi connectivity index (χ2v) is 6.53. The number of hydrogen-bond acceptors (Lipinski definition) is 3. The van der Waals surface area contributed by atoms with Crippen molar-refractivity contribution < 1.29 is 0 Å². The SMILES string of the molecule is CC(C)n1ncnc1CNC1CCC(C)(C)CC1. The van der Waals surface area contributed by atoms with Gasteiger partial charge in [-0.25, -0.2) is 9.67 Å². The topological polar surface area (TPSA) is 42.7 Å². The molecule has 1 saturated carbocycles. The highest BCUT2D eigenvalue weighted by molar-refractivity contribution is 4.88. The highest BCUT2D eigenvalue weighted by atomic mass is 15.4. The van der Waals surface area contributed by atoms with Crippen LogP contribution >= 0.6 is 0 Å². The van der Waals surface area contributed by atoms with E-state index >= 15 is 0 Å². The zero-order valence-corrected chi connectivity index (χ0v) is 12.1. The molecule has 2 rings (SSSR count). The number of nitrogens with zero attached hydrogens (tertiary/aromatic N) is 3. The molecule has 0 unspecified atom stereocenters. The molecule has 4 nitrogen and oxygen atoms in total. The average Bonchev–Trinajstić information content (AvgIpc) is 2.76. The van der Waals surface area contributed by atoms with Crippen LogP contribution in [-0.4, -0.2) is 20.8 Å². The molecule has 1 N–H and O–H groups in total. The summed E-state index contributed by atoms with van der Waals surface area (Å²) in [5.41, 5.74) is 0.538. The van der Waals surface area contributed by atoms with Gasteiger partial charge < -0.3 is 5.32 Å². The lowest BCUT2D eigenvalue weighted by molar-refractivity contribution is 0.205. The van der Waals surface area contributed by atoms with E-state index in [0.29, 0.717) is 17.5 Å². The minimum Gasteiger partial charge on any atom is -0.307 e. The molecule has 102 valence electrons. The maximum atomic E-state index is 4.34. The van der Waals surface area contributed by atoms with E-state index in [0.717, 1.165) is 12.4 Å². The number of hydrogen-bond donors (Lipinski definition) is 1. The van der Waals surface area contributed by atoms with Gasteiger partial charge in [0.1, 0.15) is 12.2 Å². The lowest BCUT2D eigenvalue weighted by atomic mass is 9.75. The molecular formula is C14H26N4. The van der Waals surface area contributed by atoms with E-state index in [4.69, 9.17) is 0 Å². The van der Waals surface area contributed by atoms with Crippen molar-refractivity contribution in [2.24, 2.45) is 5.41 Å². The molecule has 0 spiro atoms. The molecule has 1 aliphatic rings. The van der Waals surface area contributed by atoms with Gasteiger partial charge >= 0.3 is 0 Å². The van der Waals surface area contributed by atoms with Gasteiger partial charge in [-0.1, -0.05) is 13.8 Å². The monoisotopic (exact) mass is 250 g/mol. The first-order valence-electron chi connectivity index (χ1n) is 7.10. The lowest BCUT2D eigenvalue weighted by Gasteiger charge is -2.34. The summed E-state index contributed by atoms with van der Waals surface area (Å²) in [7, 11) is 0. The number of nitrogens with one attached hydrogen (secondary N) is 1. The standard InChI is InChI=1S/C14H26N4/c1-11(2)18-13(16-10-17-18)9-15-12-5-7-14(3,4)8-6-12/h10-12,15H,5-9H2,1-4H3. The van der Waals surface area contributed by atoms with E-state index < -0.39 is 0 Å². The highest BCUT2D eigenvalue weighted by Crippen LogP contribution is 2.35. The predicted molar refractivity (Wildman–Crippen MR) is 73.3 cm³/mol. The molecule has 1 fully saturated rings. The molecule has 0 bridgehead atoms. The van der Waals surface area contributed by atoms with Gasteiger partial charge in [-0.2, -0.15) is 5.10 Å². The quantitative estimate of drug-likeness (QED) is 0.893. The van der Waals surface area contributed by atoms with Gasteiger partial charge in [0.15, 0.2) is 0 Å². The van der Waals surface area contributed by atoms with Crippen LogP contribution < -0.4 is 5.32 Å². The van der Waals surface area contributed by atoms with Crippen molar-refractivity contribution in [3.05, 3.63) is 12.2 Å². The summed E-state index contributed by atoms with van der Waals surface area (Å²) in [5, 5.41) is 7.90. The zero-order chi connectivity index (χ0) is 13.2. The highest BCUT2D eigenvalue weighted by Gasteiger charge is 2.26. The van der Waals surface area contributed by atoms with Gasteiger partial charge in [0.25, 0.3) is 0 Å². The Labute approximate surface area is 110 Å². The third-order valence-electron chi connectivity index (χ3n) is 4.02. The van der Waals surface area contributed by atoms with Crippen molar-refractivity contribution in [2.45, 2.75) is 72.0 Å². The van der Waals surface area contributed by atoms with E-state index in [2.05, 4.69) is 43.1 Å². The molecule has 0 amide bonds. The van der Waals surface area contributed by atoms with Crippen molar-refractivity contribution in [2.75, 3.05) is 0 Å². The molecule has 1 heterocycles. The Bertz CT molecular complexity index is 371. The average molecular weight is 250 g/mol. The van der Waals surface area contributed by atoms with Crippen molar-refractivity contribution in [1.82, 2.24) is 20.1 Å². The maximum Gasteiger partial charge on any atom is 0.141 e. The van der Waals surface area contributed by atoms with Crippen LogP contribution in [0.15, 0.2) is 6.33 Å². The molecule has 0 radical (unpaired) electrons. The lowest BCUT2D eigenvalue weighted by Crippen LogP contribution is -2.35. The largest absolute Gasteiger partial charge is 0.307 e. The van der Waals surface area contributed by atoms with E-state index in [-0.39, 0.29) is 0 Å². The number of aromatic nitrogens is 3. The first kappa shape index (κ1) is 13.5. The minimum absolute atomic E-state index is 0.384. The zero-order valence-electron chi connectivity index (χ0n) is 12.1. The van der Waals surface area contributed by atoms with Crippen LogP contribution in [0.3, 0.4) is 0 Å². The maximum absolute atomic E-state index is 4.34. The first-order valence-corrected chi connectivity index (χ1v) is 7.10. The Morgan fingerprint density at radius 2 is 2.06 bits per heavy atom. The Morgan fingerprint density at radius 1 is 1.39 bits per heavy atom. The van der Waals surface area contributed by atoms with Crippen LogP contribution in [0.25, 0.3) is 0 Å². The van der Waals surface area contributed by atoms with Crippen LogP contribution in [-0.2, 0) is 6.54 Å². The summed E-state index contributed by atoms with van der Waals surface area (Å²) in [6, 6.07) is 1.03. The van der Waals surface area contributed by atoms with Crippen LogP contribution in [0, 0.1) is 5.41 Å². The summed E-state index contributed by atoms with van der Waals surface area (Å²) in [4.78, 5) is 4.34. The molecular weight excluding hydrogens is 224 g/mol. The molecule has 1 aliphatic carbocycles. The Hall–Kier alpha value is -0.900. The normalized spacial score (nSPS) is 20.5. The Kier molecular flexibility index (Phi) is 4.05. The van der Waals surface area contributed by atoms with Gasteiger partial charge in [-0.15, -0.1) is 0 Å². The van der Waals surface area contributed by atoms with E-state index in [1.165, 1.54) is 25.7 Å². The van der Waals surface area contributed by atoms with Crippen molar-refractivity contribution in [3.63, 3.8) is 0 Å². The van der Waals surface area contributed by atoms with Crippen LogP contribution in [0.4, 0.5) is 0 Å². The second kappa shape index (κ2) is 5.39. The predicted octanol–water partition coefficient (Wildman–Crippen LogP) is 2.92. The summed E-state index contributed by atoms with van der Waals surface area (Å²) >= 11 is 0. The molecule has 4 heteroatoms. The second-order valence-electron chi connectivity index (χ2n) is 6.53. The summed E-state index contributed by atoms with van der Waals surface area (Å²) in [5.74, 6) is 1.05. The smallest absolute Gasteiger partial charge is 0.141 e. The minimum atomic E-state index is 0.384. The summed E-state index contributed by atoms with van der Waals surface area (Å²) < 4.78 is 2.00. The number of rotatable bonds is 4. The Balaban J connectivity index is 1.83. The van der Waals surface area contributed by atoms with Gasteiger partial charge in [0.05, 0.1) is 6.54 Å². The van der Waals surface area contributed by atoms with Gasteiger partial charge in [0, 0.05) is 12.1 Å².